The molecule has 0 aromatic carbocycles. The molecule has 2 N–H and O–H groups in total. The van der Waals surface area contributed by atoms with Crippen molar-refractivity contribution in [1.82, 2.24) is 10.6 Å². The van der Waals surface area contributed by atoms with E-state index >= 15 is 0 Å². The molecule has 1 rings (SSSR count). The lowest BCUT2D eigenvalue weighted by atomic mass is 9.95. The van der Waals surface area contributed by atoms with Crippen molar-refractivity contribution in [2.75, 3.05) is 0 Å². The first-order chi connectivity index (χ1) is 6.19. The molecule has 0 aromatic rings. The van der Waals surface area contributed by atoms with Crippen LogP contribution in [-0.4, -0.2) is 5.91 Å². The van der Waals surface area contributed by atoms with Crippen molar-refractivity contribution in [2.24, 2.45) is 5.92 Å². The van der Waals surface area contributed by atoms with Crippen LogP contribution in [-0.2, 0) is 4.79 Å². The molecule has 5 nitrogen and oxygen atoms in total. The van der Waals surface area contributed by atoms with Gasteiger partial charge in [0.1, 0.15) is 5.82 Å². The Balaban J connectivity index is 3.01. The number of hydrogen-bond donors (Lipinski definition) is 2. The summed E-state index contributed by atoms with van der Waals surface area (Å²) in [6.07, 6.45) is 1.96. The number of allylic oxidation sites excluding steroid dienone is 1. The normalized spacial score (nSPS) is 21.5. The molecular weight excluding hydrogens is 168 g/mol. The molecule has 5 heteroatoms. The van der Waals surface area contributed by atoms with Gasteiger partial charge in [-0.1, -0.05) is 6.92 Å². The Morgan fingerprint density at radius 3 is 2.85 bits per heavy atom. The molecule has 1 unspecified atom stereocenters. The summed E-state index contributed by atoms with van der Waals surface area (Å²) in [4.78, 5) is 11.0. The number of hydrogen-bond acceptors (Lipinski definition) is 4. The molecule has 0 fully saturated rings. The fourth-order valence-corrected chi connectivity index (χ4v) is 1.20. The van der Waals surface area contributed by atoms with Crippen LogP contribution in [0.25, 0.3) is 0 Å². The van der Waals surface area contributed by atoms with Crippen molar-refractivity contribution in [3.63, 3.8) is 0 Å². The van der Waals surface area contributed by atoms with E-state index in [4.69, 9.17) is 10.5 Å². The molecule has 1 amide bonds. The van der Waals surface area contributed by atoms with Gasteiger partial charge < -0.3 is 5.32 Å². The van der Waals surface area contributed by atoms with E-state index in [0.29, 0.717) is 12.0 Å². The van der Waals surface area contributed by atoms with Crippen molar-refractivity contribution >= 4 is 5.91 Å². The topological polar surface area (TPSA) is 88.7 Å². The molecule has 1 aliphatic rings. The Morgan fingerprint density at radius 1 is 1.62 bits per heavy atom. The smallest absolute Gasteiger partial charge is 0.226 e. The molecular formula is C8H8N4O. The number of rotatable bonds is 1. The van der Waals surface area contributed by atoms with Crippen LogP contribution in [0.4, 0.5) is 0 Å². The van der Waals surface area contributed by atoms with Gasteiger partial charge in [0, 0.05) is 12.3 Å². The zero-order chi connectivity index (χ0) is 9.84. The van der Waals surface area contributed by atoms with Crippen LogP contribution >= 0.6 is 0 Å². The molecule has 1 atom stereocenters. The monoisotopic (exact) mass is 176 g/mol. The molecule has 0 saturated heterocycles. The van der Waals surface area contributed by atoms with Gasteiger partial charge in [0.05, 0.1) is 11.6 Å². The van der Waals surface area contributed by atoms with Gasteiger partial charge in [0.15, 0.2) is 6.19 Å². The van der Waals surface area contributed by atoms with Crippen molar-refractivity contribution in [2.45, 2.75) is 13.3 Å². The molecule has 0 aromatic heterocycles. The van der Waals surface area contributed by atoms with Crippen molar-refractivity contribution in [3.8, 4) is 12.3 Å². The molecule has 0 saturated carbocycles. The van der Waals surface area contributed by atoms with Crippen LogP contribution in [0.2, 0.25) is 0 Å². The molecule has 13 heavy (non-hydrogen) atoms. The van der Waals surface area contributed by atoms with Crippen LogP contribution in [0.5, 0.6) is 0 Å². The average molecular weight is 176 g/mol. The summed E-state index contributed by atoms with van der Waals surface area (Å²) in [5.74, 6) is -0.0902. The largest absolute Gasteiger partial charge is 0.311 e. The Bertz CT molecular complexity index is 344. The minimum absolute atomic E-state index is 0.130. The van der Waals surface area contributed by atoms with E-state index in [1.165, 1.54) is 0 Å². The number of carbonyl (C=O) groups excluding carboxylic acids is 1. The van der Waals surface area contributed by atoms with Crippen LogP contribution in [0.15, 0.2) is 11.4 Å². The maximum absolute atomic E-state index is 11.0. The summed E-state index contributed by atoms with van der Waals surface area (Å²) in [7, 11) is 0. The number of nitrogens with zero attached hydrogens (tertiary/aromatic N) is 2. The number of carbonyl (C=O) groups is 1. The van der Waals surface area contributed by atoms with E-state index in [-0.39, 0.29) is 17.6 Å². The second kappa shape index (κ2) is 3.59. The third kappa shape index (κ3) is 1.77. The number of nitrogens with one attached hydrogen (secondary N) is 2. The average Bonchev–Trinajstić information content (AvgIpc) is 2.04. The van der Waals surface area contributed by atoms with E-state index in [9.17, 15) is 4.79 Å². The summed E-state index contributed by atoms with van der Waals surface area (Å²) in [6, 6.07) is 1.96. The first-order valence-corrected chi connectivity index (χ1v) is 3.78. The highest BCUT2D eigenvalue weighted by Crippen LogP contribution is 2.19. The summed E-state index contributed by atoms with van der Waals surface area (Å²) in [6.45, 7) is 1.77. The van der Waals surface area contributed by atoms with Crippen molar-refractivity contribution < 1.29 is 4.79 Å². The third-order valence-electron chi connectivity index (χ3n) is 1.82. The minimum Gasteiger partial charge on any atom is -0.311 e. The quantitative estimate of drug-likeness (QED) is 0.433. The van der Waals surface area contributed by atoms with Gasteiger partial charge in [-0.05, 0) is 0 Å². The van der Waals surface area contributed by atoms with E-state index in [1.54, 1.807) is 13.1 Å². The van der Waals surface area contributed by atoms with Gasteiger partial charge in [0.25, 0.3) is 0 Å². The van der Waals surface area contributed by atoms with Gasteiger partial charge in [-0.15, -0.1) is 0 Å². The van der Waals surface area contributed by atoms with Gasteiger partial charge in [-0.2, -0.15) is 10.5 Å². The highest BCUT2D eigenvalue weighted by Gasteiger charge is 2.24. The maximum atomic E-state index is 11.0. The Kier molecular flexibility index (Phi) is 2.51. The number of amides is 1. The maximum Gasteiger partial charge on any atom is 0.226 e. The zero-order valence-corrected chi connectivity index (χ0v) is 7.09. The SMILES string of the molecule is CC1CC(=O)NC(NC#N)=C1C#N. The zero-order valence-electron chi connectivity index (χ0n) is 7.09. The first-order valence-electron chi connectivity index (χ1n) is 3.78. The summed E-state index contributed by atoms with van der Waals surface area (Å²) in [5.41, 5.74) is 0.418. The predicted molar refractivity (Wildman–Crippen MR) is 43.3 cm³/mol. The summed E-state index contributed by atoms with van der Waals surface area (Å²) >= 11 is 0. The lowest BCUT2D eigenvalue weighted by Gasteiger charge is -2.20. The number of nitriles is 2. The summed E-state index contributed by atoms with van der Waals surface area (Å²) < 4.78 is 0. The molecule has 66 valence electrons. The molecule has 0 radical (unpaired) electrons. The molecule has 0 bridgehead atoms. The van der Waals surface area contributed by atoms with Gasteiger partial charge in [0.2, 0.25) is 5.91 Å². The second-order valence-electron chi connectivity index (χ2n) is 2.79. The fraction of sp³-hybridized carbons (Fsp3) is 0.375. The first kappa shape index (κ1) is 9.08. The molecule has 1 aliphatic heterocycles. The van der Waals surface area contributed by atoms with Crippen LogP contribution in [0.3, 0.4) is 0 Å². The highest BCUT2D eigenvalue weighted by atomic mass is 16.1. The van der Waals surface area contributed by atoms with Crippen LogP contribution < -0.4 is 10.6 Å². The summed E-state index contributed by atoms with van der Waals surface area (Å²) in [5, 5.41) is 21.8. The van der Waals surface area contributed by atoms with E-state index in [0.717, 1.165) is 0 Å². The Hall–Kier alpha value is -2.01. The third-order valence-corrected chi connectivity index (χ3v) is 1.82. The molecule has 0 spiro atoms. The molecule has 1 heterocycles. The lowest BCUT2D eigenvalue weighted by molar-refractivity contribution is -0.121. The molecule has 0 aliphatic carbocycles. The highest BCUT2D eigenvalue weighted by molar-refractivity contribution is 5.80. The Morgan fingerprint density at radius 2 is 2.31 bits per heavy atom. The van der Waals surface area contributed by atoms with Crippen molar-refractivity contribution in [3.05, 3.63) is 11.4 Å². The second-order valence-corrected chi connectivity index (χ2v) is 2.79. The Labute approximate surface area is 75.6 Å². The predicted octanol–water partition coefficient (Wildman–Crippen LogP) is -0.0517. The van der Waals surface area contributed by atoms with E-state index < -0.39 is 0 Å². The van der Waals surface area contributed by atoms with Crippen LogP contribution in [0, 0.1) is 28.7 Å². The lowest BCUT2D eigenvalue weighted by Crippen LogP contribution is -2.37. The van der Waals surface area contributed by atoms with E-state index in [2.05, 4.69) is 10.6 Å². The van der Waals surface area contributed by atoms with Gasteiger partial charge in [-0.25, -0.2) is 0 Å². The standard InChI is InChI=1S/C8H8N4O/c1-5-2-7(13)12-8(11-4-10)6(5)3-9/h5,11H,2H2,1H3,(H,12,13). The van der Waals surface area contributed by atoms with E-state index in [1.807, 2.05) is 6.07 Å². The van der Waals surface area contributed by atoms with Gasteiger partial charge in [-0.3, -0.25) is 10.1 Å². The van der Waals surface area contributed by atoms with Gasteiger partial charge >= 0.3 is 0 Å². The van der Waals surface area contributed by atoms with Crippen molar-refractivity contribution in [1.29, 1.82) is 10.5 Å². The van der Waals surface area contributed by atoms with Crippen LogP contribution in [0.1, 0.15) is 13.3 Å². The fourth-order valence-electron chi connectivity index (χ4n) is 1.20. The minimum atomic E-state index is -0.177.